The smallest absolute Gasteiger partial charge is 0.336 e. The molecule has 0 saturated heterocycles. The number of hydrogen-bond donors (Lipinski definition) is 2. The Hall–Kier alpha value is -2.09. The Morgan fingerprint density at radius 2 is 2.29 bits per heavy atom. The van der Waals surface area contributed by atoms with Crippen LogP contribution in [0, 0.1) is 0 Å². The molecule has 90 valence electrons. The summed E-state index contributed by atoms with van der Waals surface area (Å²) in [5.41, 5.74) is 0. The first-order valence-electron chi connectivity index (χ1n) is 4.64. The topological polar surface area (TPSA) is 89.1 Å². The number of aromatic amines is 1. The molecule has 8 heteroatoms. The first kappa shape index (κ1) is 11.4. The van der Waals surface area contributed by atoms with E-state index in [-0.39, 0.29) is 17.9 Å². The van der Waals surface area contributed by atoms with Crippen LogP contribution in [0.15, 0.2) is 11.4 Å². The van der Waals surface area contributed by atoms with Crippen LogP contribution >= 0.6 is 11.3 Å². The zero-order chi connectivity index (χ0) is 12.3. The molecular weight excluding hydrogens is 244 g/mol. The number of ether oxygens (including phenoxy) is 2. The third-order valence-electron chi connectivity index (χ3n) is 1.93. The molecule has 0 unspecified atom stereocenters. The molecule has 7 nitrogen and oxygen atoms in total. The molecule has 2 aromatic rings. The summed E-state index contributed by atoms with van der Waals surface area (Å²) in [4.78, 5) is 16.2. The summed E-state index contributed by atoms with van der Waals surface area (Å²) in [5, 5.41) is 10.6. The van der Waals surface area contributed by atoms with Crippen molar-refractivity contribution in [1.29, 1.82) is 0 Å². The highest BCUT2D eigenvalue weighted by atomic mass is 32.1. The summed E-state index contributed by atoms with van der Waals surface area (Å²) >= 11 is 1.28. The van der Waals surface area contributed by atoms with E-state index in [1.807, 2.05) is 0 Å². The van der Waals surface area contributed by atoms with Gasteiger partial charge in [0, 0.05) is 0 Å². The fraction of sp³-hybridized carbons (Fsp3) is 0.222. The van der Waals surface area contributed by atoms with Crippen LogP contribution in [0.2, 0.25) is 0 Å². The predicted molar refractivity (Wildman–Crippen MR) is 61.8 cm³/mol. The van der Waals surface area contributed by atoms with E-state index in [4.69, 9.17) is 9.47 Å². The summed E-state index contributed by atoms with van der Waals surface area (Å²) in [6.45, 7) is 0. The van der Waals surface area contributed by atoms with Gasteiger partial charge in [0.2, 0.25) is 5.95 Å². The Labute approximate surface area is 101 Å². The van der Waals surface area contributed by atoms with Gasteiger partial charge in [0.05, 0.1) is 14.2 Å². The Balaban J connectivity index is 2.11. The molecule has 0 aliphatic carbocycles. The molecule has 0 aromatic carbocycles. The summed E-state index contributed by atoms with van der Waals surface area (Å²) in [7, 11) is 2.95. The lowest BCUT2D eigenvalue weighted by Crippen LogP contribution is -2.12. The average Bonchev–Trinajstić information content (AvgIpc) is 2.96. The van der Waals surface area contributed by atoms with Crippen LogP contribution in [0.25, 0.3) is 0 Å². The van der Waals surface area contributed by atoms with Crippen molar-refractivity contribution in [3.8, 4) is 11.8 Å². The van der Waals surface area contributed by atoms with Gasteiger partial charge in [-0.15, -0.1) is 16.4 Å². The SMILES string of the molecule is COc1n[nH]c(NC(=O)c2sccc2OC)n1. The van der Waals surface area contributed by atoms with Crippen LogP contribution in [0.1, 0.15) is 9.67 Å². The van der Waals surface area contributed by atoms with Crippen molar-refractivity contribution in [3.63, 3.8) is 0 Å². The molecular formula is C9H10N4O3S. The van der Waals surface area contributed by atoms with Crippen LogP contribution < -0.4 is 14.8 Å². The van der Waals surface area contributed by atoms with E-state index < -0.39 is 0 Å². The number of carbonyl (C=O) groups excluding carboxylic acids is 1. The minimum atomic E-state index is -0.310. The zero-order valence-corrected chi connectivity index (χ0v) is 10.00. The number of carbonyl (C=O) groups is 1. The number of H-pyrrole nitrogens is 1. The van der Waals surface area contributed by atoms with E-state index in [0.717, 1.165) is 0 Å². The number of rotatable bonds is 4. The minimum absolute atomic E-state index is 0.165. The van der Waals surface area contributed by atoms with Gasteiger partial charge in [-0.25, -0.2) is 5.10 Å². The number of aromatic nitrogens is 3. The van der Waals surface area contributed by atoms with Gasteiger partial charge in [-0.05, 0) is 11.4 Å². The standard InChI is InChI=1S/C9H10N4O3S/c1-15-5-3-4-17-6(5)7(14)10-8-11-9(16-2)13-12-8/h3-4H,1-2H3,(H2,10,11,12,13,14). The number of nitrogens with zero attached hydrogens (tertiary/aromatic N) is 2. The van der Waals surface area contributed by atoms with Gasteiger partial charge in [0.1, 0.15) is 10.6 Å². The summed E-state index contributed by atoms with van der Waals surface area (Å²) in [5.74, 6) is 0.442. The Kier molecular flexibility index (Phi) is 3.24. The molecule has 0 saturated carbocycles. The van der Waals surface area contributed by atoms with Crippen molar-refractivity contribution < 1.29 is 14.3 Å². The number of hydrogen-bond acceptors (Lipinski definition) is 6. The molecule has 17 heavy (non-hydrogen) atoms. The predicted octanol–water partition coefficient (Wildman–Crippen LogP) is 1.14. The molecule has 0 fully saturated rings. The van der Waals surface area contributed by atoms with Crippen molar-refractivity contribution in [2.24, 2.45) is 0 Å². The van der Waals surface area contributed by atoms with E-state index >= 15 is 0 Å². The maximum atomic E-state index is 11.8. The molecule has 0 aliphatic rings. The van der Waals surface area contributed by atoms with Gasteiger partial charge in [-0.2, -0.15) is 4.98 Å². The van der Waals surface area contributed by atoms with Crippen molar-refractivity contribution in [3.05, 3.63) is 16.3 Å². The Morgan fingerprint density at radius 1 is 1.47 bits per heavy atom. The zero-order valence-electron chi connectivity index (χ0n) is 9.18. The largest absolute Gasteiger partial charge is 0.495 e. The van der Waals surface area contributed by atoms with Crippen molar-refractivity contribution in [2.45, 2.75) is 0 Å². The molecule has 2 N–H and O–H groups in total. The first-order chi connectivity index (χ1) is 8.24. The van der Waals surface area contributed by atoms with Crippen LogP contribution in [0.5, 0.6) is 11.8 Å². The number of anilines is 1. The van der Waals surface area contributed by atoms with Crippen LogP contribution in [0.4, 0.5) is 5.95 Å². The highest BCUT2D eigenvalue weighted by Crippen LogP contribution is 2.24. The molecule has 0 aliphatic heterocycles. The quantitative estimate of drug-likeness (QED) is 0.853. The normalized spacial score (nSPS) is 10.0. The minimum Gasteiger partial charge on any atom is -0.495 e. The Morgan fingerprint density at radius 3 is 2.94 bits per heavy atom. The molecule has 0 spiro atoms. The lowest BCUT2D eigenvalue weighted by atomic mass is 10.4. The molecule has 0 radical (unpaired) electrons. The maximum absolute atomic E-state index is 11.8. The number of nitrogens with one attached hydrogen (secondary N) is 2. The van der Waals surface area contributed by atoms with Crippen LogP contribution in [-0.2, 0) is 0 Å². The molecule has 0 bridgehead atoms. The van der Waals surface area contributed by atoms with E-state index in [1.54, 1.807) is 11.4 Å². The van der Waals surface area contributed by atoms with Crippen LogP contribution in [0.3, 0.4) is 0 Å². The van der Waals surface area contributed by atoms with Gasteiger partial charge >= 0.3 is 6.01 Å². The third kappa shape index (κ3) is 2.36. The van der Waals surface area contributed by atoms with E-state index in [9.17, 15) is 4.79 Å². The fourth-order valence-corrected chi connectivity index (χ4v) is 1.94. The third-order valence-corrected chi connectivity index (χ3v) is 2.83. The lowest BCUT2D eigenvalue weighted by molar-refractivity contribution is 0.102. The Bertz CT molecular complexity index is 522. The number of methoxy groups -OCH3 is 2. The highest BCUT2D eigenvalue weighted by Gasteiger charge is 2.15. The van der Waals surface area contributed by atoms with E-state index in [0.29, 0.717) is 10.6 Å². The maximum Gasteiger partial charge on any atom is 0.336 e. The van der Waals surface area contributed by atoms with E-state index in [2.05, 4.69) is 20.5 Å². The summed E-state index contributed by atoms with van der Waals surface area (Å²) in [6.07, 6.45) is 0. The fourth-order valence-electron chi connectivity index (χ4n) is 1.18. The second-order valence-electron chi connectivity index (χ2n) is 2.94. The highest BCUT2D eigenvalue weighted by molar-refractivity contribution is 7.12. The summed E-state index contributed by atoms with van der Waals surface area (Å²) in [6, 6.07) is 1.89. The molecule has 2 heterocycles. The summed E-state index contributed by atoms with van der Waals surface area (Å²) < 4.78 is 9.83. The van der Waals surface area contributed by atoms with Crippen LogP contribution in [-0.4, -0.2) is 35.3 Å². The molecule has 1 amide bonds. The second kappa shape index (κ2) is 4.83. The molecule has 2 aromatic heterocycles. The average molecular weight is 254 g/mol. The lowest BCUT2D eigenvalue weighted by Gasteiger charge is -2.01. The van der Waals surface area contributed by atoms with Crippen molar-refractivity contribution in [2.75, 3.05) is 19.5 Å². The van der Waals surface area contributed by atoms with Crippen molar-refractivity contribution >= 4 is 23.2 Å². The van der Waals surface area contributed by atoms with Gasteiger partial charge in [0.25, 0.3) is 5.91 Å². The monoisotopic (exact) mass is 254 g/mol. The van der Waals surface area contributed by atoms with Gasteiger partial charge in [-0.3, -0.25) is 10.1 Å². The first-order valence-corrected chi connectivity index (χ1v) is 5.51. The molecule has 2 rings (SSSR count). The van der Waals surface area contributed by atoms with E-state index in [1.165, 1.54) is 25.6 Å². The second-order valence-corrected chi connectivity index (χ2v) is 3.86. The number of thiophene rings is 1. The van der Waals surface area contributed by atoms with Gasteiger partial charge in [-0.1, -0.05) is 0 Å². The molecule has 0 atom stereocenters. The van der Waals surface area contributed by atoms with Crippen molar-refractivity contribution in [1.82, 2.24) is 15.2 Å². The van der Waals surface area contributed by atoms with Gasteiger partial charge in [0.15, 0.2) is 0 Å². The number of amides is 1. The van der Waals surface area contributed by atoms with Gasteiger partial charge < -0.3 is 9.47 Å².